The predicted octanol–water partition coefficient (Wildman–Crippen LogP) is 0.292. The van der Waals surface area contributed by atoms with Gasteiger partial charge < -0.3 is 5.41 Å². The van der Waals surface area contributed by atoms with Crippen molar-refractivity contribution >= 4 is 12.1 Å². The van der Waals surface area contributed by atoms with E-state index in [1.807, 2.05) is 0 Å². The van der Waals surface area contributed by atoms with Gasteiger partial charge in [-0.25, -0.2) is 5.06 Å². The third-order valence-electron chi connectivity index (χ3n) is 1.22. The van der Waals surface area contributed by atoms with Gasteiger partial charge in [0.05, 0.1) is 13.0 Å². The zero-order valence-electron chi connectivity index (χ0n) is 6.42. The first-order valence-electron chi connectivity index (χ1n) is 2.95. The average Bonchev–Trinajstić information content (AvgIpc) is 2.00. The van der Waals surface area contributed by atoms with Crippen molar-refractivity contribution in [3.8, 4) is 0 Å². The number of nitrogens with one attached hydrogen (secondary N) is 1. The maximum Gasteiger partial charge on any atom is 0.254 e. The van der Waals surface area contributed by atoms with Crippen LogP contribution in [-0.4, -0.2) is 31.3 Å². The van der Waals surface area contributed by atoms with Gasteiger partial charge in [0.1, 0.15) is 0 Å². The summed E-state index contributed by atoms with van der Waals surface area (Å²) in [6.45, 7) is 1.64. The van der Waals surface area contributed by atoms with E-state index in [1.54, 1.807) is 6.92 Å². The number of rotatable bonds is 3. The van der Waals surface area contributed by atoms with Crippen LogP contribution in [0.5, 0.6) is 0 Å². The number of hydrogen-bond acceptors (Lipinski definition) is 3. The topological polar surface area (TPSA) is 53.4 Å². The molecule has 1 unspecified atom stereocenters. The highest BCUT2D eigenvalue weighted by Gasteiger charge is 2.13. The van der Waals surface area contributed by atoms with Gasteiger partial charge in [-0.3, -0.25) is 9.63 Å². The van der Waals surface area contributed by atoms with E-state index in [9.17, 15) is 4.79 Å². The molecule has 1 atom stereocenters. The highest BCUT2D eigenvalue weighted by molar-refractivity contribution is 5.91. The predicted molar refractivity (Wildman–Crippen MR) is 37.7 cm³/mol. The smallest absolute Gasteiger partial charge is 0.254 e. The Hall–Kier alpha value is -0.900. The molecule has 1 amide bonds. The summed E-state index contributed by atoms with van der Waals surface area (Å²) in [6.07, 6.45) is 1.08. The standard InChI is InChI=1S/C6H12N2O2/c1-5(4-7)6(9)8(2)10-3/h4-5,7H,1-3H3. The fraction of sp³-hybridized carbons (Fsp3) is 0.667. The van der Waals surface area contributed by atoms with E-state index in [4.69, 9.17) is 5.41 Å². The van der Waals surface area contributed by atoms with Gasteiger partial charge in [0.25, 0.3) is 5.91 Å². The lowest BCUT2D eigenvalue weighted by Gasteiger charge is -2.15. The normalized spacial score (nSPS) is 12.3. The highest BCUT2D eigenvalue weighted by Crippen LogP contribution is 1.95. The van der Waals surface area contributed by atoms with Crippen molar-refractivity contribution in [1.29, 1.82) is 5.41 Å². The van der Waals surface area contributed by atoms with Gasteiger partial charge in [0.2, 0.25) is 0 Å². The van der Waals surface area contributed by atoms with Crippen LogP contribution in [0.3, 0.4) is 0 Å². The lowest BCUT2D eigenvalue weighted by Crippen LogP contribution is -2.31. The van der Waals surface area contributed by atoms with Crippen LogP contribution in [0.15, 0.2) is 0 Å². The molecule has 0 aliphatic heterocycles. The number of hydrogen-bond donors (Lipinski definition) is 1. The van der Waals surface area contributed by atoms with Crippen molar-refractivity contribution in [3.63, 3.8) is 0 Å². The molecule has 0 fully saturated rings. The minimum Gasteiger partial charge on any atom is -0.312 e. The SMILES string of the molecule is CON(C)C(=O)C(C)C=N. The third-order valence-corrected chi connectivity index (χ3v) is 1.22. The highest BCUT2D eigenvalue weighted by atomic mass is 16.7. The molecule has 0 aromatic carbocycles. The summed E-state index contributed by atoms with van der Waals surface area (Å²) in [6, 6.07) is 0. The molecule has 0 aliphatic rings. The van der Waals surface area contributed by atoms with Crippen LogP contribution in [0.4, 0.5) is 0 Å². The maximum atomic E-state index is 11.0. The molecule has 0 aromatic heterocycles. The molecule has 0 aliphatic carbocycles. The number of nitrogens with zero attached hydrogens (tertiary/aromatic N) is 1. The summed E-state index contributed by atoms with van der Waals surface area (Å²) in [5, 5.41) is 7.89. The Labute approximate surface area is 60.2 Å². The molecule has 0 saturated heterocycles. The minimum atomic E-state index is -0.398. The van der Waals surface area contributed by atoms with Crippen molar-refractivity contribution in [2.45, 2.75) is 6.92 Å². The van der Waals surface area contributed by atoms with E-state index in [-0.39, 0.29) is 5.91 Å². The summed E-state index contributed by atoms with van der Waals surface area (Å²) in [4.78, 5) is 15.6. The van der Waals surface area contributed by atoms with Crippen molar-refractivity contribution in [1.82, 2.24) is 5.06 Å². The molecular weight excluding hydrogens is 132 g/mol. The summed E-state index contributed by atoms with van der Waals surface area (Å²) in [5.41, 5.74) is 0. The van der Waals surface area contributed by atoms with Crippen LogP contribution in [0.2, 0.25) is 0 Å². The lowest BCUT2D eigenvalue weighted by molar-refractivity contribution is -0.170. The van der Waals surface area contributed by atoms with Gasteiger partial charge in [-0.05, 0) is 6.92 Å². The van der Waals surface area contributed by atoms with Crippen LogP contribution >= 0.6 is 0 Å². The molecule has 0 aromatic rings. The van der Waals surface area contributed by atoms with Gasteiger partial charge >= 0.3 is 0 Å². The molecule has 10 heavy (non-hydrogen) atoms. The second kappa shape index (κ2) is 4.00. The Morgan fingerprint density at radius 3 is 2.60 bits per heavy atom. The van der Waals surface area contributed by atoms with Gasteiger partial charge in [0, 0.05) is 13.3 Å². The first-order valence-corrected chi connectivity index (χ1v) is 2.95. The van der Waals surface area contributed by atoms with E-state index in [0.29, 0.717) is 0 Å². The van der Waals surface area contributed by atoms with Crippen molar-refractivity contribution in [2.75, 3.05) is 14.2 Å². The Kier molecular flexibility index (Phi) is 3.64. The van der Waals surface area contributed by atoms with Gasteiger partial charge in [-0.15, -0.1) is 0 Å². The van der Waals surface area contributed by atoms with Gasteiger partial charge in [-0.2, -0.15) is 0 Å². The molecule has 0 radical (unpaired) electrons. The first-order chi connectivity index (χ1) is 4.63. The van der Waals surface area contributed by atoms with E-state index < -0.39 is 5.92 Å². The number of carbonyl (C=O) groups is 1. The first kappa shape index (κ1) is 9.10. The summed E-state index contributed by atoms with van der Waals surface area (Å²) >= 11 is 0. The molecule has 0 heterocycles. The average molecular weight is 144 g/mol. The quantitative estimate of drug-likeness (QED) is 0.457. The Morgan fingerprint density at radius 1 is 1.80 bits per heavy atom. The fourth-order valence-electron chi connectivity index (χ4n) is 0.448. The van der Waals surface area contributed by atoms with Crippen LogP contribution < -0.4 is 0 Å². The Bertz CT molecular complexity index is 136. The Morgan fingerprint density at radius 2 is 2.30 bits per heavy atom. The van der Waals surface area contributed by atoms with Crippen LogP contribution in [0, 0.1) is 11.3 Å². The molecule has 0 spiro atoms. The zero-order valence-corrected chi connectivity index (χ0v) is 6.42. The van der Waals surface area contributed by atoms with E-state index >= 15 is 0 Å². The molecule has 0 rings (SSSR count). The van der Waals surface area contributed by atoms with E-state index in [1.165, 1.54) is 14.2 Å². The molecule has 1 N–H and O–H groups in total. The second-order valence-corrected chi connectivity index (χ2v) is 1.97. The largest absolute Gasteiger partial charge is 0.312 e. The van der Waals surface area contributed by atoms with Crippen LogP contribution in [-0.2, 0) is 9.63 Å². The lowest BCUT2D eigenvalue weighted by atomic mass is 10.2. The summed E-state index contributed by atoms with van der Waals surface area (Å²) < 4.78 is 0. The molecule has 4 nitrogen and oxygen atoms in total. The molecule has 0 bridgehead atoms. The van der Waals surface area contributed by atoms with E-state index in [0.717, 1.165) is 11.3 Å². The molecule has 4 heteroatoms. The summed E-state index contributed by atoms with van der Waals surface area (Å²) in [7, 11) is 2.93. The fourth-order valence-corrected chi connectivity index (χ4v) is 0.448. The Balaban J connectivity index is 3.93. The van der Waals surface area contributed by atoms with E-state index in [2.05, 4.69) is 4.84 Å². The van der Waals surface area contributed by atoms with Gasteiger partial charge in [-0.1, -0.05) is 0 Å². The van der Waals surface area contributed by atoms with Crippen molar-refractivity contribution < 1.29 is 9.63 Å². The summed E-state index contributed by atoms with van der Waals surface area (Å²) in [5.74, 6) is -0.609. The monoisotopic (exact) mass is 144 g/mol. The number of amides is 1. The number of carbonyl (C=O) groups excluding carboxylic acids is 1. The molecule has 0 saturated carbocycles. The minimum absolute atomic E-state index is 0.211. The molecule has 58 valence electrons. The molecular formula is C6H12N2O2. The zero-order chi connectivity index (χ0) is 8.15. The van der Waals surface area contributed by atoms with Crippen LogP contribution in [0.25, 0.3) is 0 Å². The third kappa shape index (κ3) is 2.14. The van der Waals surface area contributed by atoms with Crippen LogP contribution in [0.1, 0.15) is 6.92 Å². The second-order valence-electron chi connectivity index (χ2n) is 1.97. The van der Waals surface area contributed by atoms with Crippen molar-refractivity contribution in [2.24, 2.45) is 5.92 Å². The van der Waals surface area contributed by atoms with Gasteiger partial charge in [0.15, 0.2) is 0 Å². The maximum absolute atomic E-state index is 11.0. The van der Waals surface area contributed by atoms with Crippen molar-refractivity contribution in [3.05, 3.63) is 0 Å². The number of hydroxylamine groups is 2.